The van der Waals surface area contributed by atoms with Gasteiger partial charge < -0.3 is 10.5 Å². The minimum Gasteiger partial charge on any atom is -0.371 e. The Hall–Kier alpha value is -0.380. The topological polar surface area (TPSA) is 35.2 Å². The highest BCUT2D eigenvalue weighted by Crippen LogP contribution is 2.29. The van der Waals surface area contributed by atoms with E-state index in [9.17, 15) is 0 Å². The van der Waals surface area contributed by atoms with Crippen molar-refractivity contribution >= 4 is 11.3 Å². The van der Waals surface area contributed by atoms with Gasteiger partial charge in [-0.1, -0.05) is 12.8 Å². The van der Waals surface area contributed by atoms with Gasteiger partial charge >= 0.3 is 0 Å². The summed E-state index contributed by atoms with van der Waals surface area (Å²) in [6.07, 6.45) is 5.53. The molecule has 2 nitrogen and oxygen atoms in total. The van der Waals surface area contributed by atoms with Gasteiger partial charge in [0.15, 0.2) is 0 Å². The molecule has 1 aliphatic rings. The van der Waals surface area contributed by atoms with E-state index in [1.54, 1.807) is 11.3 Å². The van der Waals surface area contributed by atoms with E-state index in [-0.39, 0.29) is 6.10 Å². The molecule has 1 fully saturated rings. The molecule has 2 N–H and O–H groups in total. The second-order valence-corrected chi connectivity index (χ2v) is 5.98. The number of thiophene rings is 1. The van der Waals surface area contributed by atoms with E-state index in [0.717, 1.165) is 12.5 Å². The van der Waals surface area contributed by atoms with E-state index < -0.39 is 0 Å². The van der Waals surface area contributed by atoms with Gasteiger partial charge in [0.05, 0.1) is 6.61 Å². The zero-order chi connectivity index (χ0) is 11.4. The van der Waals surface area contributed by atoms with Crippen LogP contribution >= 0.6 is 11.3 Å². The van der Waals surface area contributed by atoms with Gasteiger partial charge in [-0.2, -0.15) is 0 Å². The Morgan fingerprint density at radius 3 is 2.75 bits per heavy atom. The number of ether oxygens (including phenoxy) is 1. The highest BCUT2D eigenvalue weighted by molar-refractivity contribution is 7.12. The number of hydrogen-bond donors (Lipinski definition) is 1. The maximum absolute atomic E-state index is 5.96. The first kappa shape index (κ1) is 12.1. The fourth-order valence-electron chi connectivity index (χ4n) is 2.32. The molecule has 1 saturated carbocycles. The molecule has 0 aliphatic heterocycles. The van der Waals surface area contributed by atoms with Gasteiger partial charge in [-0.3, -0.25) is 0 Å². The van der Waals surface area contributed by atoms with Gasteiger partial charge in [0.2, 0.25) is 0 Å². The summed E-state index contributed by atoms with van der Waals surface area (Å²) in [6, 6.07) is 4.29. The smallest absolute Gasteiger partial charge is 0.104 e. The summed E-state index contributed by atoms with van der Waals surface area (Å²) in [5, 5.41) is 0. The van der Waals surface area contributed by atoms with Crippen LogP contribution in [0.4, 0.5) is 0 Å². The van der Waals surface area contributed by atoms with Gasteiger partial charge in [0, 0.05) is 16.3 Å². The zero-order valence-electron chi connectivity index (χ0n) is 9.95. The molecule has 90 valence electrons. The van der Waals surface area contributed by atoms with E-state index in [2.05, 4.69) is 19.1 Å². The SMILES string of the molecule is Cc1ccc(C(CN)OCC2CCCC2)s1. The fraction of sp³-hybridized carbons (Fsp3) is 0.692. The third-order valence-corrected chi connectivity index (χ3v) is 4.39. The molecule has 0 saturated heterocycles. The molecule has 3 heteroatoms. The van der Waals surface area contributed by atoms with Gasteiger partial charge in [0.25, 0.3) is 0 Å². The van der Waals surface area contributed by atoms with Gasteiger partial charge in [-0.05, 0) is 37.8 Å². The van der Waals surface area contributed by atoms with E-state index >= 15 is 0 Å². The quantitative estimate of drug-likeness (QED) is 0.856. The average molecular weight is 239 g/mol. The fourth-order valence-corrected chi connectivity index (χ4v) is 3.26. The van der Waals surface area contributed by atoms with Crippen molar-refractivity contribution in [2.75, 3.05) is 13.2 Å². The predicted octanol–water partition coefficient (Wildman–Crippen LogP) is 3.26. The van der Waals surface area contributed by atoms with Crippen LogP contribution in [0.2, 0.25) is 0 Å². The number of nitrogens with two attached hydrogens (primary N) is 1. The standard InChI is InChI=1S/C13H21NOS/c1-10-6-7-13(16-10)12(8-14)15-9-11-4-2-3-5-11/h6-7,11-12H,2-5,8-9,14H2,1H3. The average Bonchev–Trinajstić information content (AvgIpc) is 2.91. The Labute approximate surface area is 102 Å². The first-order chi connectivity index (χ1) is 7.79. The van der Waals surface area contributed by atoms with Crippen molar-refractivity contribution in [3.05, 3.63) is 21.9 Å². The van der Waals surface area contributed by atoms with Crippen LogP contribution < -0.4 is 5.73 Å². The normalized spacial score (nSPS) is 19.1. The van der Waals surface area contributed by atoms with E-state index in [1.807, 2.05) is 0 Å². The maximum atomic E-state index is 5.96. The molecule has 1 heterocycles. The highest BCUT2D eigenvalue weighted by atomic mass is 32.1. The van der Waals surface area contributed by atoms with E-state index in [4.69, 9.17) is 10.5 Å². The van der Waals surface area contributed by atoms with Crippen molar-refractivity contribution < 1.29 is 4.74 Å². The lowest BCUT2D eigenvalue weighted by molar-refractivity contribution is 0.0367. The van der Waals surface area contributed by atoms with Crippen LogP contribution in [0.15, 0.2) is 12.1 Å². The first-order valence-electron chi connectivity index (χ1n) is 6.17. The Balaban J connectivity index is 1.85. The minimum absolute atomic E-state index is 0.110. The summed E-state index contributed by atoms with van der Waals surface area (Å²) in [5.41, 5.74) is 5.78. The lowest BCUT2D eigenvalue weighted by Crippen LogP contribution is -2.18. The summed E-state index contributed by atoms with van der Waals surface area (Å²) in [7, 11) is 0. The summed E-state index contributed by atoms with van der Waals surface area (Å²) in [6.45, 7) is 3.60. The largest absolute Gasteiger partial charge is 0.371 e. The van der Waals surface area contributed by atoms with Crippen LogP contribution in [0.25, 0.3) is 0 Å². The third-order valence-electron chi connectivity index (χ3n) is 3.30. The Bertz CT molecular complexity index is 317. The molecule has 2 rings (SSSR count). The first-order valence-corrected chi connectivity index (χ1v) is 6.99. The maximum Gasteiger partial charge on any atom is 0.104 e. The second kappa shape index (κ2) is 5.80. The molecular weight excluding hydrogens is 218 g/mol. The van der Waals surface area contributed by atoms with Crippen LogP contribution in [-0.4, -0.2) is 13.2 Å². The molecule has 1 aromatic rings. The lowest BCUT2D eigenvalue weighted by atomic mass is 10.1. The summed E-state index contributed by atoms with van der Waals surface area (Å²) < 4.78 is 5.96. The minimum atomic E-state index is 0.110. The Kier molecular flexibility index (Phi) is 4.38. The van der Waals surface area contributed by atoms with Crippen molar-refractivity contribution in [2.45, 2.75) is 38.7 Å². The Morgan fingerprint density at radius 1 is 1.44 bits per heavy atom. The molecule has 1 unspecified atom stereocenters. The molecule has 1 aliphatic carbocycles. The van der Waals surface area contributed by atoms with Crippen LogP contribution in [0.3, 0.4) is 0 Å². The molecular formula is C13H21NOS. The van der Waals surface area contributed by atoms with Crippen molar-refractivity contribution in [3.8, 4) is 0 Å². The van der Waals surface area contributed by atoms with Gasteiger partial charge in [-0.25, -0.2) is 0 Å². The molecule has 0 radical (unpaired) electrons. The lowest BCUT2D eigenvalue weighted by Gasteiger charge is -2.17. The molecule has 1 aromatic heterocycles. The second-order valence-electron chi connectivity index (χ2n) is 4.66. The van der Waals surface area contributed by atoms with Crippen LogP contribution in [0.5, 0.6) is 0 Å². The highest BCUT2D eigenvalue weighted by Gasteiger charge is 2.18. The van der Waals surface area contributed by atoms with Crippen molar-refractivity contribution in [1.82, 2.24) is 0 Å². The number of hydrogen-bond acceptors (Lipinski definition) is 3. The van der Waals surface area contributed by atoms with Crippen LogP contribution in [-0.2, 0) is 4.74 Å². The summed E-state index contributed by atoms with van der Waals surface area (Å²) >= 11 is 1.80. The molecule has 0 spiro atoms. The van der Waals surface area contributed by atoms with Crippen molar-refractivity contribution in [2.24, 2.45) is 11.7 Å². The summed E-state index contributed by atoms with van der Waals surface area (Å²) in [4.78, 5) is 2.61. The van der Waals surface area contributed by atoms with Crippen LogP contribution in [0.1, 0.15) is 41.5 Å². The Morgan fingerprint density at radius 2 is 2.19 bits per heavy atom. The van der Waals surface area contributed by atoms with Gasteiger partial charge in [-0.15, -0.1) is 11.3 Å². The molecule has 0 bridgehead atoms. The van der Waals surface area contributed by atoms with E-state index in [0.29, 0.717) is 6.54 Å². The molecule has 0 aromatic carbocycles. The third kappa shape index (κ3) is 3.06. The predicted molar refractivity (Wildman–Crippen MR) is 68.8 cm³/mol. The van der Waals surface area contributed by atoms with Crippen LogP contribution in [0, 0.1) is 12.8 Å². The van der Waals surface area contributed by atoms with Crippen molar-refractivity contribution in [1.29, 1.82) is 0 Å². The number of rotatable bonds is 5. The summed E-state index contributed by atoms with van der Waals surface area (Å²) in [5.74, 6) is 0.773. The monoisotopic (exact) mass is 239 g/mol. The zero-order valence-corrected chi connectivity index (χ0v) is 10.8. The number of aryl methyl sites for hydroxylation is 1. The van der Waals surface area contributed by atoms with Crippen molar-refractivity contribution in [3.63, 3.8) is 0 Å². The van der Waals surface area contributed by atoms with Gasteiger partial charge in [0.1, 0.15) is 6.10 Å². The van der Waals surface area contributed by atoms with E-state index in [1.165, 1.54) is 35.4 Å². The molecule has 1 atom stereocenters. The molecule has 16 heavy (non-hydrogen) atoms. The molecule has 0 amide bonds.